The summed E-state index contributed by atoms with van der Waals surface area (Å²) in [6.07, 6.45) is 1.31. The van der Waals surface area contributed by atoms with Crippen molar-refractivity contribution in [2.24, 2.45) is 5.92 Å². The quantitative estimate of drug-likeness (QED) is 0.674. The van der Waals surface area contributed by atoms with Crippen LogP contribution in [-0.4, -0.2) is 46.8 Å². The molecule has 1 amide bonds. The zero-order chi connectivity index (χ0) is 19.9. The van der Waals surface area contributed by atoms with E-state index in [9.17, 15) is 13.2 Å². The van der Waals surface area contributed by atoms with E-state index in [0.717, 1.165) is 24.3 Å². The van der Waals surface area contributed by atoms with Crippen LogP contribution in [0.4, 0.5) is 11.4 Å². The first kappa shape index (κ1) is 22.3. The van der Waals surface area contributed by atoms with Gasteiger partial charge in [0.25, 0.3) is 0 Å². The first-order chi connectivity index (χ1) is 12.1. The average Bonchev–Trinajstić information content (AvgIpc) is 2.54. The highest BCUT2D eigenvalue weighted by Gasteiger charge is 2.21. The van der Waals surface area contributed by atoms with Crippen molar-refractivity contribution in [2.75, 3.05) is 41.6 Å². The molecule has 0 atom stereocenters. The molecule has 6 nitrogen and oxygen atoms in total. The number of hydrogen-bond acceptors (Lipinski definition) is 4. The number of aryl methyl sites for hydroxylation is 1. The lowest BCUT2D eigenvalue weighted by Crippen LogP contribution is -2.36. The van der Waals surface area contributed by atoms with Crippen LogP contribution in [0, 0.1) is 12.8 Å². The van der Waals surface area contributed by atoms with Crippen LogP contribution in [0.2, 0.25) is 0 Å². The molecule has 0 heterocycles. The largest absolute Gasteiger partial charge is 0.372 e. The number of anilines is 2. The molecule has 7 heteroatoms. The van der Waals surface area contributed by atoms with Gasteiger partial charge in [0, 0.05) is 38.3 Å². The van der Waals surface area contributed by atoms with Crippen LogP contribution in [-0.2, 0) is 14.8 Å². The molecule has 0 aliphatic carbocycles. The SMILES string of the molecule is CCN(CC)c1ccc(N(CCC(=O)NCC(C)C)S(C)(=O)=O)c(C)c1. The molecule has 0 saturated heterocycles. The fraction of sp³-hybridized carbons (Fsp3) is 0.632. The predicted molar refractivity (Wildman–Crippen MR) is 109 cm³/mol. The smallest absolute Gasteiger partial charge is 0.232 e. The molecule has 0 radical (unpaired) electrons. The molecule has 1 rings (SSSR count). The van der Waals surface area contributed by atoms with Gasteiger partial charge in [-0.2, -0.15) is 0 Å². The molecule has 0 saturated carbocycles. The molecule has 1 N–H and O–H groups in total. The minimum atomic E-state index is -3.47. The molecule has 1 aromatic carbocycles. The van der Waals surface area contributed by atoms with Gasteiger partial charge in [-0.3, -0.25) is 9.10 Å². The maximum absolute atomic E-state index is 12.3. The molecule has 0 unspecified atom stereocenters. The van der Waals surface area contributed by atoms with Crippen molar-refractivity contribution < 1.29 is 13.2 Å². The third-order valence-electron chi connectivity index (χ3n) is 4.23. The first-order valence-electron chi connectivity index (χ1n) is 9.20. The van der Waals surface area contributed by atoms with Gasteiger partial charge in [0.1, 0.15) is 0 Å². The number of benzene rings is 1. The summed E-state index contributed by atoms with van der Waals surface area (Å²) in [6.45, 7) is 12.6. The van der Waals surface area contributed by atoms with E-state index in [-0.39, 0.29) is 18.9 Å². The van der Waals surface area contributed by atoms with Crippen LogP contribution in [0.15, 0.2) is 18.2 Å². The van der Waals surface area contributed by atoms with Crippen molar-refractivity contribution in [3.8, 4) is 0 Å². The Morgan fingerprint density at radius 3 is 2.27 bits per heavy atom. The standard InChI is InChI=1S/C19H33N3O3S/c1-7-21(8-2)17-9-10-18(16(5)13-17)22(26(6,24)25)12-11-19(23)20-14-15(3)4/h9-10,13,15H,7-8,11-12,14H2,1-6H3,(H,20,23). The Morgan fingerprint density at radius 2 is 1.81 bits per heavy atom. The van der Waals surface area contributed by atoms with Gasteiger partial charge in [-0.05, 0) is 50.5 Å². The van der Waals surface area contributed by atoms with Crippen molar-refractivity contribution in [1.82, 2.24) is 5.32 Å². The van der Waals surface area contributed by atoms with Crippen molar-refractivity contribution in [3.05, 3.63) is 23.8 Å². The molecule has 26 heavy (non-hydrogen) atoms. The summed E-state index contributed by atoms with van der Waals surface area (Å²) < 4.78 is 25.9. The summed E-state index contributed by atoms with van der Waals surface area (Å²) in [6, 6.07) is 5.77. The maximum Gasteiger partial charge on any atom is 0.232 e. The second kappa shape index (κ2) is 9.80. The third kappa shape index (κ3) is 6.52. The molecule has 148 valence electrons. The average molecular weight is 384 g/mol. The Hall–Kier alpha value is -1.76. The van der Waals surface area contributed by atoms with Gasteiger partial charge in [-0.1, -0.05) is 13.8 Å². The van der Waals surface area contributed by atoms with Gasteiger partial charge in [-0.15, -0.1) is 0 Å². The molecule has 0 aromatic heterocycles. The monoisotopic (exact) mass is 383 g/mol. The van der Waals surface area contributed by atoms with E-state index >= 15 is 0 Å². The Bertz CT molecular complexity index is 698. The van der Waals surface area contributed by atoms with E-state index in [2.05, 4.69) is 24.1 Å². The van der Waals surface area contributed by atoms with E-state index < -0.39 is 10.0 Å². The van der Waals surface area contributed by atoms with Crippen molar-refractivity contribution in [3.63, 3.8) is 0 Å². The summed E-state index contributed by atoms with van der Waals surface area (Å²) in [5.74, 6) is 0.226. The third-order valence-corrected chi connectivity index (χ3v) is 5.41. The summed E-state index contributed by atoms with van der Waals surface area (Å²) in [5.41, 5.74) is 2.57. The summed E-state index contributed by atoms with van der Waals surface area (Å²) in [7, 11) is -3.47. The highest BCUT2D eigenvalue weighted by atomic mass is 32.2. The van der Waals surface area contributed by atoms with E-state index in [1.165, 1.54) is 10.6 Å². The molecule has 0 bridgehead atoms. The number of sulfonamides is 1. The van der Waals surface area contributed by atoms with Gasteiger partial charge in [0.15, 0.2) is 0 Å². The number of nitrogens with one attached hydrogen (secondary N) is 1. The van der Waals surface area contributed by atoms with Crippen LogP contribution in [0.5, 0.6) is 0 Å². The Kier molecular flexibility index (Phi) is 8.40. The lowest BCUT2D eigenvalue weighted by atomic mass is 10.1. The molecule has 0 aliphatic heterocycles. The number of amides is 1. The van der Waals surface area contributed by atoms with Crippen LogP contribution < -0.4 is 14.5 Å². The number of carbonyl (C=O) groups excluding carboxylic acids is 1. The van der Waals surface area contributed by atoms with Crippen LogP contribution in [0.1, 0.15) is 39.7 Å². The number of rotatable bonds is 10. The molecular formula is C19H33N3O3S. The van der Waals surface area contributed by atoms with Gasteiger partial charge < -0.3 is 10.2 Å². The molecule has 0 aliphatic rings. The number of carbonyl (C=O) groups is 1. The normalized spacial score (nSPS) is 11.5. The second-order valence-corrected chi connectivity index (χ2v) is 8.83. The second-order valence-electron chi connectivity index (χ2n) is 6.93. The molecular weight excluding hydrogens is 350 g/mol. The lowest BCUT2D eigenvalue weighted by molar-refractivity contribution is -0.121. The topological polar surface area (TPSA) is 69.7 Å². The van der Waals surface area contributed by atoms with Crippen molar-refractivity contribution >= 4 is 27.3 Å². The zero-order valence-corrected chi connectivity index (χ0v) is 17.7. The molecule has 1 aromatic rings. The van der Waals surface area contributed by atoms with Gasteiger partial charge in [-0.25, -0.2) is 8.42 Å². The van der Waals surface area contributed by atoms with E-state index in [1.807, 2.05) is 39.0 Å². The summed E-state index contributed by atoms with van der Waals surface area (Å²) >= 11 is 0. The van der Waals surface area contributed by atoms with Crippen LogP contribution in [0.3, 0.4) is 0 Å². The maximum atomic E-state index is 12.3. The highest BCUT2D eigenvalue weighted by molar-refractivity contribution is 7.92. The molecule has 0 spiro atoms. The minimum absolute atomic E-state index is 0.133. The zero-order valence-electron chi connectivity index (χ0n) is 16.9. The Balaban J connectivity index is 2.99. The fourth-order valence-corrected chi connectivity index (χ4v) is 3.76. The first-order valence-corrected chi connectivity index (χ1v) is 11.0. The van der Waals surface area contributed by atoms with Gasteiger partial charge >= 0.3 is 0 Å². The van der Waals surface area contributed by atoms with Crippen molar-refractivity contribution in [1.29, 1.82) is 0 Å². The van der Waals surface area contributed by atoms with E-state index in [4.69, 9.17) is 0 Å². The fourth-order valence-electron chi connectivity index (χ4n) is 2.78. The van der Waals surface area contributed by atoms with Crippen LogP contribution >= 0.6 is 0 Å². The van der Waals surface area contributed by atoms with Gasteiger partial charge in [0.05, 0.1) is 11.9 Å². The minimum Gasteiger partial charge on any atom is -0.372 e. The number of nitrogens with zero attached hydrogens (tertiary/aromatic N) is 2. The predicted octanol–water partition coefficient (Wildman–Crippen LogP) is 2.77. The molecule has 0 fully saturated rings. The van der Waals surface area contributed by atoms with Gasteiger partial charge in [0.2, 0.25) is 15.9 Å². The highest BCUT2D eigenvalue weighted by Crippen LogP contribution is 2.27. The Morgan fingerprint density at radius 1 is 1.19 bits per heavy atom. The number of hydrogen-bond donors (Lipinski definition) is 1. The lowest BCUT2D eigenvalue weighted by Gasteiger charge is -2.27. The van der Waals surface area contributed by atoms with Crippen molar-refractivity contribution in [2.45, 2.75) is 41.0 Å². The summed E-state index contributed by atoms with van der Waals surface area (Å²) in [4.78, 5) is 14.2. The van der Waals surface area contributed by atoms with E-state index in [1.54, 1.807) is 0 Å². The van der Waals surface area contributed by atoms with E-state index in [0.29, 0.717) is 18.2 Å². The van der Waals surface area contributed by atoms with Crippen LogP contribution in [0.25, 0.3) is 0 Å². The Labute approximate surface area is 158 Å². The summed E-state index contributed by atoms with van der Waals surface area (Å²) in [5, 5.41) is 2.83.